The zero-order valence-electron chi connectivity index (χ0n) is 20.1. The van der Waals surface area contributed by atoms with Gasteiger partial charge in [-0.3, -0.25) is 0 Å². The second kappa shape index (κ2) is 6.96. The van der Waals surface area contributed by atoms with Crippen molar-refractivity contribution < 1.29 is 8.98 Å². The van der Waals surface area contributed by atoms with E-state index in [4.69, 9.17) is 4.42 Å². The normalized spacial score (nSPS) is 12.2. The lowest BCUT2D eigenvalue weighted by Gasteiger charge is -2.07. The number of hydrogen-bond donors (Lipinski definition) is 0. The van der Waals surface area contributed by atoms with E-state index in [1.54, 1.807) is 0 Å². The first-order chi connectivity index (χ1) is 17.7. The van der Waals surface area contributed by atoms with Gasteiger partial charge in [0.05, 0.1) is 12.4 Å². The van der Waals surface area contributed by atoms with Gasteiger partial charge < -0.3 is 4.42 Å². The van der Waals surface area contributed by atoms with Gasteiger partial charge in [-0.25, -0.2) is 4.57 Å². The second-order valence-electron chi connectivity index (χ2n) is 9.72. The second-order valence-corrected chi connectivity index (χ2v) is 9.72. The Labute approximate surface area is 207 Å². The maximum Gasteiger partial charge on any atom is 0.295 e. The molecule has 5 aromatic carbocycles. The summed E-state index contributed by atoms with van der Waals surface area (Å²) >= 11 is 0. The number of aromatic nitrogens is 2. The minimum absolute atomic E-state index is 0.914. The van der Waals surface area contributed by atoms with Crippen molar-refractivity contribution in [3.63, 3.8) is 0 Å². The Morgan fingerprint density at radius 1 is 0.667 bits per heavy atom. The van der Waals surface area contributed by atoms with E-state index in [1.165, 1.54) is 44.0 Å². The lowest BCUT2D eigenvalue weighted by atomic mass is 10.00. The molecule has 3 nitrogen and oxygen atoms in total. The molecule has 0 saturated heterocycles. The van der Waals surface area contributed by atoms with Crippen molar-refractivity contribution in [1.82, 2.24) is 4.40 Å². The lowest BCUT2D eigenvalue weighted by molar-refractivity contribution is -0.617. The average molecular weight is 464 g/mol. The minimum atomic E-state index is 0.914. The molecule has 0 radical (unpaired) electrons. The first-order valence-electron chi connectivity index (χ1n) is 12.4. The van der Waals surface area contributed by atoms with Crippen molar-refractivity contribution in [1.29, 1.82) is 0 Å². The van der Waals surface area contributed by atoms with E-state index in [0.29, 0.717) is 0 Å². The molecule has 0 bridgehead atoms. The zero-order chi connectivity index (χ0) is 24.0. The van der Waals surface area contributed by atoms with E-state index >= 15 is 0 Å². The molecule has 8 rings (SSSR count). The molecule has 0 unspecified atom stereocenters. The predicted octanol–water partition coefficient (Wildman–Crippen LogP) is 8.10. The van der Waals surface area contributed by atoms with E-state index in [1.807, 2.05) is 6.07 Å². The fraction of sp³-hybridized carbons (Fsp3) is 0.0606. The summed E-state index contributed by atoms with van der Waals surface area (Å²) < 4.78 is 11.5. The number of aryl methyl sites for hydroxylation is 2. The van der Waals surface area contributed by atoms with E-state index in [9.17, 15) is 0 Å². The summed E-state index contributed by atoms with van der Waals surface area (Å²) in [5.41, 5.74) is 10.2. The third-order valence-corrected chi connectivity index (χ3v) is 7.75. The molecule has 0 spiro atoms. The maximum absolute atomic E-state index is 6.74. The Balaban J connectivity index is 1.62. The monoisotopic (exact) mass is 463 g/mol. The van der Waals surface area contributed by atoms with Gasteiger partial charge in [-0.2, -0.15) is 4.40 Å². The number of fused-ring (bicyclic) bond motifs is 12. The molecule has 0 aliphatic heterocycles. The molecule has 0 saturated carbocycles. The van der Waals surface area contributed by atoms with Gasteiger partial charge in [0.1, 0.15) is 5.58 Å². The Morgan fingerprint density at radius 2 is 1.44 bits per heavy atom. The first kappa shape index (κ1) is 19.7. The number of furan rings is 1. The average Bonchev–Trinajstić information content (AvgIpc) is 3.44. The number of benzene rings is 5. The van der Waals surface area contributed by atoms with Crippen LogP contribution in [-0.2, 0) is 7.05 Å². The molecule has 0 aliphatic rings. The van der Waals surface area contributed by atoms with Crippen molar-refractivity contribution in [3.05, 3.63) is 109 Å². The third kappa shape index (κ3) is 2.44. The van der Waals surface area contributed by atoms with Crippen LogP contribution in [0.5, 0.6) is 0 Å². The lowest BCUT2D eigenvalue weighted by Crippen LogP contribution is -2.27. The summed E-state index contributed by atoms with van der Waals surface area (Å²) in [5, 5.41) is 6.03. The molecule has 36 heavy (non-hydrogen) atoms. The highest BCUT2D eigenvalue weighted by Crippen LogP contribution is 2.40. The van der Waals surface area contributed by atoms with Crippen LogP contribution in [0.1, 0.15) is 5.56 Å². The molecule has 3 heteroatoms. The fourth-order valence-corrected chi connectivity index (χ4v) is 6.09. The standard InChI is InChI=1S/C33H23N2O/c1-20-9-8-12-24-25-17-18-26-23-16-15-22(21-10-4-3-5-11-21)19-29(23)36-32(26)31(25)35-28-14-7-6-13-27(28)34(2)33(35)30(20)24/h3-19H,1-2H3/q+1. The maximum atomic E-state index is 6.74. The van der Waals surface area contributed by atoms with Crippen LogP contribution >= 0.6 is 0 Å². The van der Waals surface area contributed by atoms with Crippen LogP contribution in [0.25, 0.3) is 71.4 Å². The van der Waals surface area contributed by atoms with Crippen molar-refractivity contribution in [2.24, 2.45) is 7.05 Å². The summed E-state index contributed by atoms with van der Waals surface area (Å²) in [7, 11) is 2.17. The highest BCUT2D eigenvalue weighted by Gasteiger charge is 2.26. The number of para-hydroxylation sites is 2. The SMILES string of the molecule is Cc1cccc2c3ccc4c5ccc(-c6ccccc6)cc5oc4c3n3c4ccccc4[n+](C)c3c12. The Kier molecular flexibility index (Phi) is 3.80. The van der Waals surface area contributed by atoms with Gasteiger partial charge in [0.15, 0.2) is 22.1 Å². The van der Waals surface area contributed by atoms with Crippen molar-refractivity contribution in [2.75, 3.05) is 0 Å². The summed E-state index contributed by atoms with van der Waals surface area (Å²) in [4.78, 5) is 0. The summed E-state index contributed by atoms with van der Waals surface area (Å²) in [5.74, 6) is 0. The van der Waals surface area contributed by atoms with Crippen molar-refractivity contribution in [2.45, 2.75) is 6.92 Å². The molecule has 3 heterocycles. The van der Waals surface area contributed by atoms with Gasteiger partial charge in [0.25, 0.3) is 5.65 Å². The van der Waals surface area contributed by atoms with Crippen LogP contribution in [0.15, 0.2) is 108 Å². The molecule has 0 atom stereocenters. The highest BCUT2D eigenvalue weighted by atomic mass is 16.3. The van der Waals surface area contributed by atoms with Crippen LogP contribution < -0.4 is 4.57 Å². The molecular weight excluding hydrogens is 440 g/mol. The van der Waals surface area contributed by atoms with E-state index in [-0.39, 0.29) is 0 Å². The van der Waals surface area contributed by atoms with Crippen molar-refractivity contribution >= 4 is 60.3 Å². The van der Waals surface area contributed by atoms with E-state index in [2.05, 4.69) is 120 Å². The van der Waals surface area contributed by atoms with Gasteiger partial charge >= 0.3 is 0 Å². The number of nitrogens with zero attached hydrogens (tertiary/aromatic N) is 2. The quantitative estimate of drug-likeness (QED) is 0.178. The fourth-order valence-electron chi connectivity index (χ4n) is 6.09. The van der Waals surface area contributed by atoms with E-state index in [0.717, 1.165) is 33.0 Å². The molecule has 0 fully saturated rings. The van der Waals surface area contributed by atoms with Crippen LogP contribution in [0, 0.1) is 6.92 Å². The van der Waals surface area contributed by atoms with Crippen LogP contribution in [-0.4, -0.2) is 4.40 Å². The predicted molar refractivity (Wildman–Crippen MR) is 149 cm³/mol. The Morgan fingerprint density at radius 3 is 2.33 bits per heavy atom. The smallest absolute Gasteiger partial charge is 0.295 e. The molecule has 3 aromatic heterocycles. The van der Waals surface area contributed by atoms with Crippen LogP contribution in [0.4, 0.5) is 0 Å². The molecule has 170 valence electrons. The van der Waals surface area contributed by atoms with Gasteiger partial charge in [0.2, 0.25) is 0 Å². The Bertz CT molecular complexity index is 2160. The molecule has 0 amide bonds. The van der Waals surface area contributed by atoms with Gasteiger partial charge in [-0.05, 0) is 60.0 Å². The Hall–Kier alpha value is -4.63. The molecule has 8 aromatic rings. The summed E-state index contributed by atoms with van der Waals surface area (Å²) in [6.07, 6.45) is 0. The summed E-state index contributed by atoms with van der Waals surface area (Å²) in [6, 6.07) is 36.8. The molecule has 0 N–H and O–H groups in total. The van der Waals surface area contributed by atoms with Crippen LogP contribution in [0.2, 0.25) is 0 Å². The highest BCUT2D eigenvalue weighted by molar-refractivity contribution is 6.22. The molecular formula is C33H23N2O+. The number of pyridine rings is 1. The van der Waals surface area contributed by atoms with Gasteiger partial charge in [-0.15, -0.1) is 0 Å². The van der Waals surface area contributed by atoms with E-state index < -0.39 is 0 Å². The summed E-state index contributed by atoms with van der Waals surface area (Å²) in [6.45, 7) is 2.21. The largest absolute Gasteiger partial charge is 0.452 e. The zero-order valence-corrected chi connectivity index (χ0v) is 20.1. The van der Waals surface area contributed by atoms with Gasteiger partial charge in [0, 0.05) is 21.5 Å². The van der Waals surface area contributed by atoms with Crippen LogP contribution in [0.3, 0.4) is 0 Å². The van der Waals surface area contributed by atoms with Gasteiger partial charge in [-0.1, -0.05) is 66.7 Å². The number of rotatable bonds is 1. The minimum Gasteiger partial charge on any atom is -0.452 e. The number of imidazole rings is 1. The molecule has 0 aliphatic carbocycles. The topological polar surface area (TPSA) is 21.4 Å². The first-order valence-corrected chi connectivity index (χ1v) is 12.4. The third-order valence-electron chi connectivity index (χ3n) is 7.75. The number of hydrogen-bond acceptors (Lipinski definition) is 1. The van der Waals surface area contributed by atoms with Crippen molar-refractivity contribution in [3.8, 4) is 11.1 Å².